The van der Waals surface area contributed by atoms with Crippen LogP contribution in [0.3, 0.4) is 0 Å². The fourth-order valence-corrected chi connectivity index (χ4v) is 2.26. The third-order valence-electron chi connectivity index (χ3n) is 3.28. The Morgan fingerprint density at radius 1 is 1.08 bits per heavy atom. The van der Waals surface area contributed by atoms with E-state index in [1.807, 2.05) is 0 Å². The molecule has 8 heteroatoms. The van der Waals surface area contributed by atoms with Crippen molar-refractivity contribution in [1.29, 1.82) is 0 Å². The molecule has 0 fully saturated rings. The summed E-state index contributed by atoms with van der Waals surface area (Å²) in [5.41, 5.74) is 0.0380. The Hall–Kier alpha value is -2.67. The maximum Gasteiger partial charge on any atom is 0.416 e. The van der Waals surface area contributed by atoms with Gasteiger partial charge in [0.15, 0.2) is 0 Å². The highest BCUT2D eigenvalue weighted by Crippen LogP contribution is 2.35. The second kappa shape index (κ2) is 6.09. The van der Waals surface area contributed by atoms with Crippen LogP contribution in [0.1, 0.15) is 5.56 Å². The number of rotatable bonds is 3. The molecule has 1 aromatic heterocycles. The number of halogens is 4. The molecule has 0 radical (unpaired) electrons. The Morgan fingerprint density at radius 2 is 1.79 bits per heavy atom. The first kappa shape index (κ1) is 16.2. The van der Waals surface area contributed by atoms with Crippen LogP contribution < -0.4 is 5.32 Å². The minimum absolute atomic E-state index is 0.118. The van der Waals surface area contributed by atoms with Gasteiger partial charge in [0.25, 0.3) is 0 Å². The van der Waals surface area contributed by atoms with E-state index in [-0.39, 0.29) is 16.5 Å². The molecule has 0 aliphatic rings. The summed E-state index contributed by atoms with van der Waals surface area (Å²) in [6.45, 7) is 0. The molecule has 0 atom stereocenters. The molecular formula is C16H11ClF3N3O. The number of hydrogen-bond donors (Lipinski definition) is 3. The number of nitrogens with zero attached hydrogens (tertiary/aromatic N) is 1. The van der Waals surface area contributed by atoms with Crippen molar-refractivity contribution >= 4 is 23.1 Å². The number of aromatic hydroxyl groups is 1. The first-order valence-electron chi connectivity index (χ1n) is 6.81. The molecule has 124 valence electrons. The molecule has 0 unspecified atom stereocenters. The number of benzene rings is 2. The van der Waals surface area contributed by atoms with E-state index in [1.165, 1.54) is 24.4 Å². The lowest BCUT2D eigenvalue weighted by Crippen LogP contribution is -2.05. The van der Waals surface area contributed by atoms with Crippen LogP contribution in [0.15, 0.2) is 48.7 Å². The molecule has 1 heterocycles. The Kier molecular flexibility index (Phi) is 4.11. The van der Waals surface area contributed by atoms with Crippen molar-refractivity contribution < 1.29 is 18.3 Å². The fraction of sp³-hybridized carbons (Fsp3) is 0.0625. The number of aromatic amines is 1. The van der Waals surface area contributed by atoms with Crippen molar-refractivity contribution in [3.63, 3.8) is 0 Å². The van der Waals surface area contributed by atoms with Crippen LogP contribution in [0.4, 0.5) is 24.7 Å². The molecule has 24 heavy (non-hydrogen) atoms. The molecule has 4 nitrogen and oxygen atoms in total. The second-order valence-electron chi connectivity index (χ2n) is 5.01. The summed E-state index contributed by atoms with van der Waals surface area (Å²) in [6.07, 6.45) is -3.01. The van der Waals surface area contributed by atoms with Gasteiger partial charge in [-0.05, 0) is 42.5 Å². The summed E-state index contributed by atoms with van der Waals surface area (Å²) < 4.78 is 38.4. The largest absolute Gasteiger partial charge is 0.508 e. The van der Waals surface area contributed by atoms with Crippen LogP contribution in [0.2, 0.25) is 5.02 Å². The van der Waals surface area contributed by atoms with Crippen molar-refractivity contribution in [3.05, 3.63) is 59.2 Å². The van der Waals surface area contributed by atoms with Crippen LogP contribution in [0.25, 0.3) is 11.4 Å². The molecule has 2 aromatic carbocycles. The third kappa shape index (κ3) is 3.46. The van der Waals surface area contributed by atoms with Gasteiger partial charge in [-0.3, -0.25) is 0 Å². The first-order chi connectivity index (χ1) is 11.3. The Labute approximate surface area is 139 Å². The van der Waals surface area contributed by atoms with E-state index < -0.39 is 11.7 Å². The Bertz CT molecular complexity index is 860. The van der Waals surface area contributed by atoms with Crippen LogP contribution in [0, 0.1) is 0 Å². The topological polar surface area (TPSA) is 60.9 Å². The number of anilines is 2. The molecule has 0 bridgehead atoms. The zero-order valence-corrected chi connectivity index (χ0v) is 12.8. The predicted octanol–water partition coefficient (Wildman–Crippen LogP) is 5.20. The average molecular weight is 354 g/mol. The number of imidazole rings is 1. The summed E-state index contributed by atoms with van der Waals surface area (Å²) >= 11 is 5.95. The number of nitrogens with one attached hydrogen (secondary N) is 2. The SMILES string of the molecule is Oc1ccc(-c2ncc(Nc3cc(C(F)(F)F)ccc3Cl)[nH]2)cc1. The Morgan fingerprint density at radius 3 is 2.46 bits per heavy atom. The summed E-state index contributed by atoms with van der Waals surface area (Å²) in [5.74, 6) is 1.01. The number of aromatic nitrogens is 2. The fourth-order valence-electron chi connectivity index (χ4n) is 2.09. The van der Waals surface area contributed by atoms with Crippen LogP contribution in [-0.2, 0) is 6.18 Å². The van der Waals surface area contributed by atoms with Crippen molar-refractivity contribution in [1.82, 2.24) is 9.97 Å². The van der Waals surface area contributed by atoms with Crippen LogP contribution >= 0.6 is 11.6 Å². The van der Waals surface area contributed by atoms with Gasteiger partial charge in [0, 0.05) is 5.56 Å². The number of hydrogen-bond acceptors (Lipinski definition) is 3. The van der Waals surface area contributed by atoms with Gasteiger partial charge in [0.1, 0.15) is 17.4 Å². The molecule has 3 aromatic rings. The third-order valence-corrected chi connectivity index (χ3v) is 3.61. The molecule has 0 aliphatic carbocycles. The lowest BCUT2D eigenvalue weighted by molar-refractivity contribution is -0.137. The zero-order valence-electron chi connectivity index (χ0n) is 12.0. The van der Waals surface area contributed by atoms with Crippen LogP contribution in [0.5, 0.6) is 5.75 Å². The molecule has 0 amide bonds. The molecular weight excluding hydrogens is 343 g/mol. The standard InChI is InChI=1S/C16H11ClF3N3O/c17-12-6-3-10(16(18,19)20)7-13(12)22-14-8-21-15(23-14)9-1-4-11(24)5-2-9/h1-8,22,24H,(H,21,23). The van der Waals surface area contributed by atoms with E-state index in [9.17, 15) is 18.3 Å². The number of phenols is 1. The normalized spacial score (nSPS) is 11.5. The quantitative estimate of drug-likeness (QED) is 0.606. The predicted molar refractivity (Wildman–Crippen MR) is 85.4 cm³/mol. The highest BCUT2D eigenvalue weighted by atomic mass is 35.5. The van der Waals surface area contributed by atoms with Crippen molar-refractivity contribution in [3.8, 4) is 17.1 Å². The number of phenolic OH excluding ortho intramolecular Hbond substituents is 1. The van der Waals surface area contributed by atoms with Crippen molar-refractivity contribution in [2.24, 2.45) is 0 Å². The Balaban J connectivity index is 1.86. The van der Waals surface area contributed by atoms with Gasteiger partial charge >= 0.3 is 6.18 Å². The molecule has 0 saturated heterocycles. The zero-order chi connectivity index (χ0) is 17.3. The highest BCUT2D eigenvalue weighted by molar-refractivity contribution is 6.33. The summed E-state index contributed by atoms with van der Waals surface area (Å²) in [5, 5.41) is 12.2. The molecule has 0 saturated carbocycles. The smallest absolute Gasteiger partial charge is 0.416 e. The van der Waals surface area contributed by atoms with Gasteiger partial charge in [0.2, 0.25) is 0 Å². The monoisotopic (exact) mass is 353 g/mol. The lowest BCUT2D eigenvalue weighted by atomic mass is 10.2. The van der Waals surface area contributed by atoms with Crippen LogP contribution in [-0.4, -0.2) is 15.1 Å². The summed E-state index contributed by atoms with van der Waals surface area (Å²) in [7, 11) is 0. The van der Waals surface area contributed by atoms with Crippen molar-refractivity contribution in [2.45, 2.75) is 6.18 Å². The van der Waals surface area contributed by atoms with E-state index in [0.717, 1.165) is 17.7 Å². The van der Waals surface area contributed by atoms with Gasteiger partial charge in [-0.15, -0.1) is 0 Å². The maximum absolute atomic E-state index is 12.8. The number of alkyl halides is 3. The minimum atomic E-state index is -4.45. The van der Waals surface area contributed by atoms with E-state index >= 15 is 0 Å². The van der Waals surface area contributed by atoms with E-state index in [0.29, 0.717) is 11.6 Å². The summed E-state index contributed by atoms with van der Waals surface area (Å²) in [6, 6.07) is 9.38. The van der Waals surface area contributed by atoms with E-state index in [4.69, 9.17) is 11.6 Å². The highest BCUT2D eigenvalue weighted by Gasteiger charge is 2.31. The van der Waals surface area contributed by atoms with E-state index in [1.54, 1.807) is 12.1 Å². The molecule has 0 spiro atoms. The average Bonchev–Trinajstić information content (AvgIpc) is 2.97. The lowest BCUT2D eigenvalue weighted by Gasteiger charge is -2.11. The summed E-state index contributed by atoms with van der Waals surface area (Å²) in [4.78, 5) is 7.09. The number of H-pyrrole nitrogens is 1. The van der Waals surface area contributed by atoms with Gasteiger partial charge in [-0.25, -0.2) is 4.98 Å². The maximum atomic E-state index is 12.8. The molecule has 3 rings (SSSR count). The van der Waals surface area contributed by atoms with E-state index in [2.05, 4.69) is 15.3 Å². The van der Waals surface area contributed by atoms with Gasteiger partial charge in [0.05, 0.1) is 22.5 Å². The van der Waals surface area contributed by atoms with Gasteiger partial charge < -0.3 is 15.4 Å². The van der Waals surface area contributed by atoms with Crippen molar-refractivity contribution in [2.75, 3.05) is 5.32 Å². The minimum Gasteiger partial charge on any atom is -0.508 e. The second-order valence-corrected chi connectivity index (χ2v) is 5.42. The molecule has 0 aliphatic heterocycles. The molecule has 3 N–H and O–H groups in total. The first-order valence-corrected chi connectivity index (χ1v) is 7.19. The van der Waals surface area contributed by atoms with Gasteiger partial charge in [-0.1, -0.05) is 11.6 Å². The van der Waals surface area contributed by atoms with Gasteiger partial charge in [-0.2, -0.15) is 13.2 Å².